The molecule has 0 bridgehead atoms. The number of carbonyl (C=O) groups excluding carboxylic acids is 4. The number of ether oxygens (including phenoxy) is 1. The Labute approximate surface area is 185 Å². The van der Waals surface area contributed by atoms with Crippen LogP contribution in [-0.4, -0.2) is 69.9 Å². The average molecular weight is 465 g/mol. The summed E-state index contributed by atoms with van der Waals surface area (Å²) in [6.07, 6.45) is -0.0754. The summed E-state index contributed by atoms with van der Waals surface area (Å²) in [6, 6.07) is 5.27. The van der Waals surface area contributed by atoms with Crippen molar-refractivity contribution in [2.75, 3.05) is 12.9 Å². The van der Waals surface area contributed by atoms with Crippen molar-refractivity contribution < 1.29 is 28.1 Å². The number of esters is 1. The van der Waals surface area contributed by atoms with Gasteiger partial charge in [-0.1, -0.05) is 46.0 Å². The van der Waals surface area contributed by atoms with Crippen LogP contribution in [0.4, 0.5) is 0 Å². The Hall–Kier alpha value is -2.33. The van der Waals surface area contributed by atoms with Crippen molar-refractivity contribution in [1.29, 1.82) is 0 Å². The fourth-order valence-electron chi connectivity index (χ4n) is 3.77. The first-order valence-corrected chi connectivity index (χ1v) is 14.4. The molecule has 3 amide bonds. The number of carbonyl (C=O) groups is 4. The first-order valence-electron chi connectivity index (χ1n) is 10.1. The summed E-state index contributed by atoms with van der Waals surface area (Å²) >= 11 is 0. The number of fused-ring (bicyclic) bond motifs is 1. The Kier molecular flexibility index (Phi) is 6.00. The molecule has 2 aliphatic heterocycles. The predicted octanol–water partition coefficient (Wildman–Crippen LogP) is 2.14. The van der Waals surface area contributed by atoms with E-state index in [0.717, 1.165) is 4.90 Å². The smallest absolute Gasteiger partial charge is 0.306 e. The number of benzene rings is 1. The molecule has 10 heteroatoms. The normalized spacial score (nSPS) is 22.3. The van der Waals surface area contributed by atoms with Crippen LogP contribution in [0.25, 0.3) is 0 Å². The molecule has 0 radical (unpaired) electrons. The van der Waals surface area contributed by atoms with Gasteiger partial charge < -0.3 is 9.30 Å². The molecule has 1 fully saturated rings. The maximum Gasteiger partial charge on any atom is 0.306 e. The largest absolute Gasteiger partial charge is 0.469 e. The maximum absolute atomic E-state index is 13.4. The molecule has 1 saturated heterocycles. The Balaban J connectivity index is 1.99. The van der Waals surface area contributed by atoms with E-state index in [2.05, 4.69) is 4.74 Å². The summed E-state index contributed by atoms with van der Waals surface area (Å²) in [6.45, 7) is 10.1. The van der Waals surface area contributed by atoms with Crippen molar-refractivity contribution in [1.82, 2.24) is 9.47 Å². The van der Waals surface area contributed by atoms with Crippen LogP contribution in [-0.2, 0) is 25.1 Å². The summed E-state index contributed by atoms with van der Waals surface area (Å²) in [5.74, 6) is -1.99. The summed E-state index contributed by atoms with van der Waals surface area (Å²) in [5, 5.41) is -1.08. The highest BCUT2D eigenvalue weighted by Gasteiger charge is 2.63. The minimum Gasteiger partial charge on any atom is -0.469 e. The molecule has 0 N–H and O–H groups in total. The highest BCUT2D eigenvalue weighted by Crippen LogP contribution is 2.46. The number of rotatable bonds is 6. The van der Waals surface area contributed by atoms with Gasteiger partial charge in [0.1, 0.15) is 11.4 Å². The molecule has 2 heterocycles. The topological polar surface area (TPSA) is 101 Å². The molecule has 3 rings (SSSR count). The molecule has 8 nitrogen and oxygen atoms in total. The molecule has 0 aliphatic carbocycles. The quantitative estimate of drug-likeness (QED) is 0.277. The zero-order valence-electron chi connectivity index (χ0n) is 18.6. The molecule has 3 atom stereocenters. The first kappa shape index (κ1) is 23.3. The monoisotopic (exact) mass is 464 g/mol. The lowest BCUT2D eigenvalue weighted by atomic mass is 10.1. The fraction of sp³-hybridized carbons (Fsp3) is 0.524. The fourth-order valence-corrected chi connectivity index (χ4v) is 8.57. The van der Waals surface area contributed by atoms with Gasteiger partial charge in [-0.3, -0.25) is 28.3 Å². The van der Waals surface area contributed by atoms with Gasteiger partial charge in [-0.25, -0.2) is 0 Å². The zero-order chi connectivity index (χ0) is 23.3. The van der Waals surface area contributed by atoms with Gasteiger partial charge in [-0.2, -0.15) is 0 Å². The minimum absolute atomic E-state index is 0.0184. The van der Waals surface area contributed by atoms with Gasteiger partial charge >= 0.3 is 5.97 Å². The number of hydrogen-bond donors (Lipinski definition) is 0. The van der Waals surface area contributed by atoms with Crippen molar-refractivity contribution in [2.24, 2.45) is 0 Å². The van der Waals surface area contributed by atoms with Crippen molar-refractivity contribution in [3.63, 3.8) is 0 Å². The Morgan fingerprint density at radius 3 is 2.06 bits per heavy atom. The summed E-state index contributed by atoms with van der Waals surface area (Å²) in [7, 11) is -2.88. The lowest BCUT2D eigenvalue weighted by Gasteiger charge is -2.58. The number of amides is 3. The average Bonchev–Trinajstić information content (AvgIpc) is 2.94. The number of nitrogens with zero attached hydrogens (tertiary/aromatic N) is 2. The van der Waals surface area contributed by atoms with Gasteiger partial charge in [-0.15, -0.1) is 0 Å². The lowest BCUT2D eigenvalue weighted by molar-refractivity contribution is -0.143. The molecule has 31 heavy (non-hydrogen) atoms. The van der Waals surface area contributed by atoms with Crippen LogP contribution >= 0.6 is 0 Å². The van der Waals surface area contributed by atoms with E-state index in [1.54, 1.807) is 28.8 Å². The van der Waals surface area contributed by atoms with Crippen molar-refractivity contribution in [2.45, 2.75) is 56.7 Å². The van der Waals surface area contributed by atoms with E-state index in [9.17, 15) is 23.4 Å². The number of β-lactam (4-membered cyclic amide) rings is 1. The molecule has 2 aliphatic rings. The molecule has 1 aromatic rings. The summed E-state index contributed by atoms with van der Waals surface area (Å²) in [4.78, 5) is 51.9. The Bertz CT molecular complexity index is 951. The van der Waals surface area contributed by atoms with Gasteiger partial charge in [0, 0.05) is 16.6 Å². The Morgan fingerprint density at radius 2 is 1.61 bits per heavy atom. The minimum atomic E-state index is -2.47. The molecular formula is C21H28N2O6SSi. The summed E-state index contributed by atoms with van der Waals surface area (Å²) in [5.41, 5.74) is 0.482. The van der Waals surface area contributed by atoms with Crippen molar-refractivity contribution in [3.8, 4) is 0 Å². The second kappa shape index (κ2) is 7.98. The molecule has 1 unspecified atom stereocenters. The lowest BCUT2D eigenvalue weighted by Crippen LogP contribution is -2.80. The van der Waals surface area contributed by atoms with Gasteiger partial charge in [-0.05, 0) is 17.2 Å². The standard InChI is InChI=1S/C21H28N2O6SSi/c1-21(2,3)31(5,6)23-19(27)16(20(23)30(28)12-11-15(24)29-4)22-17(25)13-9-7-8-10-14(13)18(22)26/h7-10,16,20H,11-12H2,1-6H3/t16-,20-,30?/m1/s1. The van der Waals surface area contributed by atoms with E-state index in [0.29, 0.717) is 0 Å². The van der Waals surface area contributed by atoms with E-state index in [4.69, 9.17) is 0 Å². The number of imide groups is 1. The molecule has 1 aromatic carbocycles. The first-order chi connectivity index (χ1) is 14.3. The predicted molar refractivity (Wildman–Crippen MR) is 118 cm³/mol. The van der Waals surface area contributed by atoms with Crippen molar-refractivity contribution in [3.05, 3.63) is 35.4 Å². The third-order valence-electron chi connectivity index (χ3n) is 6.56. The van der Waals surface area contributed by atoms with E-state index in [-0.39, 0.29) is 34.2 Å². The van der Waals surface area contributed by atoms with Crippen LogP contribution in [0.3, 0.4) is 0 Å². The van der Waals surface area contributed by atoms with E-state index >= 15 is 0 Å². The third-order valence-corrected chi connectivity index (χ3v) is 13.7. The maximum atomic E-state index is 13.4. The molecule has 0 spiro atoms. The van der Waals surface area contributed by atoms with Crippen LogP contribution in [0.15, 0.2) is 24.3 Å². The second-order valence-corrected chi connectivity index (χ2v) is 16.0. The van der Waals surface area contributed by atoms with Gasteiger partial charge in [0.15, 0.2) is 8.24 Å². The highest BCUT2D eigenvalue weighted by atomic mass is 32.2. The van der Waals surface area contributed by atoms with Crippen molar-refractivity contribution >= 4 is 42.7 Å². The SMILES string of the molecule is COC(=O)CCS(=O)[C@@H]1[C@H](N2C(=O)c3ccccc3C2=O)C(=O)N1[Si](C)(C)C(C)(C)C. The van der Waals surface area contributed by atoms with Crippen LogP contribution in [0, 0.1) is 0 Å². The van der Waals surface area contributed by atoms with Gasteiger partial charge in [0.05, 0.1) is 24.7 Å². The van der Waals surface area contributed by atoms with E-state index in [1.807, 2.05) is 33.9 Å². The van der Waals surface area contributed by atoms with Crippen LogP contribution < -0.4 is 0 Å². The second-order valence-electron chi connectivity index (χ2n) is 9.29. The molecule has 168 valence electrons. The third kappa shape index (κ3) is 3.65. The highest BCUT2D eigenvalue weighted by molar-refractivity contribution is 7.85. The Morgan fingerprint density at radius 1 is 1.10 bits per heavy atom. The molecular weight excluding hydrogens is 436 g/mol. The number of hydrogen-bond acceptors (Lipinski definition) is 6. The van der Waals surface area contributed by atoms with Crippen LogP contribution in [0.5, 0.6) is 0 Å². The van der Waals surface area contributed by atoms with Crippen LogP contribution in [0.1, 0.15) is 47.9 Å². The van der Waals surface area contributed by atoms with Crippen LogP contribution in [0.2, 0.25) is 18.1 Å². The van der Waals surface area contributed by atoms with E-state index in [1.165, 1.54) is 7.11 Å². The zero-order valence-corrected chi connectivity index (χ0v) is 20.4. The van der Waals surface area contributed by atoms with Gasteiger partial charge in [0.25, 0.3) is 11.8 Å². The summed E-state index contributed by atoms with van der Waals surface area (Å²) < 4.78 is 19.6. The van der Waals surface area contributed by atoms with Gasteiger partial charge in [0.2, 0.25) is 5.91 Å². The molecule has 0 aromatic heterocycles. The van der Waals surface area contributed by atoms with E-state index < -0.39 is 48.2 Å². The molecule has 0 saturated carbocycles. The number of methoxy groups -OCH3 is 1.